The van der Waals surface area contributed by atoms with Gasteiger partial charge in [0, 0.05) is 25.2 Å². The van der Waals surface area contributed by atoms with Gasteiger partial charge in [-0.3, -0.25) is 9.52 Å². The van der Waals surface area contributed by atoms with Gasteiger partial charge in [-0.1, -0.05) is 12.1 Å². The molecule has 1 aliphatic carbocycles. The SMILES string of the molecule is Cc1ccc(Cc2c(NS(=O)(=O)C3CC3)cn(C)c(=O)c2F)c(F)c1. The Morgan fingerprint density at radius 1 is 1.28 bits per heavy atom. The summed E-state index contributed by atoms with van der Waals surface area (Å²) >= 11 is 0. The number of nitrogens with one attached hydrogen (secondary N) is 1. The third-order valence-electron chi connectivity index (χ3n) is 4.21. The quantitative estimate of drug-likeness (QED) is 0.882. The topological polar surface area (TPSA) is 68.2 Å². The molecule has 0 spiro atoms. The van der Waals surface area contributed by atoms with E-state index in [-0.39, 0.29) is 23.2 Å². The standard InChI is InChI=1S/C17H18F2N2O3S/c1-10-3-4-11(14(18)7-10)8-13-15(9-21(2)17(22)16(13)19)20-25(23,24)12-5-6-12/h3-4,7,9,12,20H,5-6,8H2,1-2H3. The van der Waals surface area contributed by atoms with Crippen molar-refractivity contribution in [3.63, 3.8) is 0 Å². The van der Waals surface area contributed by atoms with Gasteiger partial charge in [0.1, 0.15) is 5.82 Å². The van der Waals surface area contributed by atoms with Crippen LogP contribution in [0.25, 0.3) is 0 Å². The molecule has 0 unspecified atom stereocenters. The molecule has 0 aliphatic heterocycles. The largest absolute Gasteiger partial charge is 0.314 e. The van der Waals surface area contributed by atoms with E-state index in [0.717, 1.165) is 4.57 Å². The van der Waals surface area contributed by atoms with Gasteiger partial charge >= 0.3 is 0 Å². The molecule has 25 heavy (non-hydrogen) atoms. The lowest BCUT2D eigenvalue weighted by Gasteiger charge is -2.15. The molecule has 134 valence electrons. The lowest BCUT2D eigenvalue weighted by molar-refractivity contribution is 0.573. The fourth-order valence-corrected chi connectivity index (χ4v) is 4.00. The molecular weight excluding hydrogens is 350 g/mol. The number of aryl methyl sites for hydroxylation is 2. The van der Waals surface area contributed by atoms with E-state index in [1.54, 1.807) is 13.0 Å². The highest BCUT2D eigenvalue weighted by atomic mass is 32.2. The van der Waals surface area contributed by atoms with Crippen molar-refractivity contribution in [2.24, 2.45) is 7.05 Å². The molecule has 1 aromatic heterocycles. The zero-order chi connectivity index (χ0) is 18.4. The average molecular weight is 368 g/mol. The van der Waals surface area contributed by atoms with Crippen LogP contribution < -0.4 is 10.3 Å². The van der Waals surface area contributed by atoms with Crippen LogP contribution in [0.3, 0.4) is 0 Å². The molecule has 0 bridgehead atoms. The van der Waals surface area contributed by atoms with Crippen LogP contribution in [0.5, 0.6) is 0 Å². The van der Waals surface area contributed by atoms with Crippen LogP contribution in [-0.4, -0.2) is 18.2 Å². The van der Waals surface area contributed by atoms with E-state index in [9.17, 15) is 22.0 Å². The summed E-state index contributed by atoms with van der Waals surface area (Å²) in [7, 11) is -2.31. The van der Waals surface area contributed by atoms with Crippen LogP contribution in [-0.2, 0) is 23.5 Å². The molecule has 3 rings (SSSR count). The van der Waals surface area contributed by atoms with Gasteiger partial charge < -0.3 is 4.57 Å². The first-order valence-electron chi connectivity index (χ1n) is 7.83. The van der Waals surface area contributed by atoms with Crippen molar-refractivity contribution >= 4 is 15.7 Å². The Balaban J connectivity index is 2.07. The van der Waals surface area contributed by atoms with Crippen molar-refractivity contribution in [1.82, 2.24) is 4.57 Å². The highest BCUT2D eigenvalue weighted by Crippen LogP contribution is 2.31. The molecular formula is C17H18F2N2O3S. The van der Waals surface area contributed by atoms with Crippen LogP contribution in [0.15, 0.2) is 29.2 Å². The highest BCUT2D eigenvalue weighted by Gasteiger charge is 2.36. The van der Waals surface area contributed by atoms with Gasteiger partial charge in [0.15, 0.2) is 5.82 Å². The molecule has 1 aromatic carbocycles. The molecule has 5 nitrogen and oxygen atoms in total. The molecule has 0 atom stereocenters. The lowest BCUT2D eigenvalue weighted by Crippen LogP contribution is -2.26. The second kappa shape index (κ2) is 6.25. The summed E-state index contributed by atoms with van der Waals surface area (Å²) in [5.74, 6) is -1.62. The number of anilines is 1. The highest BCUT2D eigenvalue weighted by molar-refractivity contribution is 7.93. The van der Waals surface area contributed by atoms with Crippen molar-refractivity contribution in [2.45, 2.75) is 31.4 Å². The smallest absolute Gasteiger partial charge is 0.286 e. The summed E-state index contributed by atoms with van der Waals surface area (Å²) in [5.41, 5.74) is -0.191. The van der Waals surface area contributed by atoms with E-state index < -0.39 is 32.5 Å². The molecule has 1 fully saturated rings. The van der Waals surface area contributed by atoms with Crippen LogP contribution in [0.4, 0.5) is 14.5 Å². The molecule has 1 aliphatic rings. The van der Waals surface area contributed by atoms with E-state index in [0.29, 0.717) is 18.4 Å². The zero-order valence-electron chi connectivity index (χ0n) is 13.8. The number of hydrogen-bond acceptors (Lipinski definition) is 3. The lowest BCUT2D eigenvalue weighted by atomic mass is 10.0. The fraction of sp³-hybridized carbons (Fsp3) is 0.353. The minimum Gasteiger partial charge on any atom is -0.314 e. The van der Waals surface area contributed by atoms with Crippen molar-refractivity contribution in [1.29, 1.82) is 0 Å². The van der Waals surface area contributed by atoms with E-state index in [1.165, 1.54) is 25.4 Å². The Labute approximate surface area is 144 Å². The fourth-order valence-electron chi connectivity index (χ4n) is 2.59. The molecule has 0 radical (unpaired) electrons. The number of nitrogens with zero attached hydrogens (tertiary/aromatic N) is 1. The Kier molecular flexibility index (Phi) is 4.40. The molecule has 2 aromatic rings. The van der Waals surface area contributed by atoms with E-state index in [1.807, 2.05) is 0 Å². The first-order valence-corrected chi connectivity index (χ1v) is 9.38. The van der Waals surface area contributed by atoms with Crippen LogP contribution >= 0.6 is 0 Å². The van der Waals surface area contributed by atoms with Crippen LogP contribution in [0.2, 0.25) is 0 Å². The number of hydrogen-bond donors (Lipinski definition) is 1. The monoisotopic (exact) mass is 368 g/mol. The summed E-state index contributed by atoms with van der Waals surface area (Å²) < 4.78 is 56.3. The van der Waals surface area contributed by atoms with Crippen molar-refractivity contribution in [3.8, 4) is 0 Å². The summed E-state index contributed by atoms with van der Waals surface area (Å²) in [6, 6.07) is 4.48. The van der Waals surface area contributed by atoms with Gasteiger partial charge in [-0.2, -0.15) is 0 Å². The second-order valence-electron chi connectivity index (χ2n) is 6.37. The minimum atomic E-state index is -3.64. The first-order chi connectivity index (χ1) is 11.7. The number of benzene rings is 1. The Hall–Kier alpha value is -2.22. The first kappa shape index (κ1) is 17.6. The molecule has 1 saturated carbocycles. The molecule has 0 saturated heterocycles. The Morgan fingerprint density at radius 2 is 1.96 bits per heavy atom. The molecule has 1 N–H and O–H groups in total. The van der Waals surface area contributed by atoms with Gasteiger partial charge in [-0.05, 0) is 37.0 Å². The number of sulfonamides is 1. The van der Waals surface area contributed by atoms with Crippen molar-refractivity contribution in [3.05, 3.63) is 63.1 Å². The third-order valence-corrected chi connectivity index (χ3v) is 6.07. The van der Waals surface area contributed by atoms with Gasteiger partial charge in [0.2, 0.25) is 10.0 Å². The maximum Gasteiger partial charge on any atom is 0.286 e. The maximum absolute atomic E-state index is 14.5. The maximum atomic E-state index is 14.5. The second-order valence-corrected chi connectivity index (χ2v) is 8.33. The zero-order valence-corrected chi connectivity index (χ0v) is 14.7. The average Bonchev–Trinajstić information content (AvgIpc) is 3.36. The Bertz CT molecular complexity index is 996. The van der Waals surface area contributed by atoms with E-state index >= 15 is 0 Å². The summed E-state index contributed by atoms with van der Waals surface area (Å²) in [6.45, 7) is 1.72. The molecule has 1 heterocycles. The molecule has 8 heteroatoms. The number of rotatable bonds is 5. The van der Waals surface area contributed by atoms with E-state index in [2.05, 4.69) is 4.72 Å². The number of pyridine rings is 1. The summed E-state index contributed by atoms with van der Waals surface area (Å²) in [5, 5.41) is -0.503. The predicted molar refractivity (Wildman–Crippen MR) is 91.1 cm³/mol. The summed E-state index contributed by atoms with van der Waals surface area (Å²) in [4.78, 5) is 11.9. The Morgan fingerprint density at radius 3 is 2.56 bits per heavy atom. The van der Waals surface area contributed by atoms with Gasteiger partial charge in [0.05, 0.1) is 10.9 Å². The van der Waals surface area contributed by atoms with Gasteiger partial charge in [-0.25, -0.2) is 17.2 Å². The van der Waals surface area contributed by atoms with Gasteiger partial charge in [-0.15, -0.1) is 0 Å². The number of aromatic nitrogens is 1. The number of halogens is 2. The van der Waals surface area contributed by atoms with Crippen molar-refractivity contribution in [2.75, 3.05) is 4.72 Å². The predicted octanol–water partition coefficient (Wildman–Crippen LogP) is 2.47. The normalized spacial score (nSPS) is 14.6. The molecule has 0 amide bonds. The minimum absolute atomic E-state index is 0.0357. The van der Waals surface area contributed by atoms with Gasteiger partial charge in [0.25, 0.3) is 5.56 Å². The third kappa shape index (κ3) is 3.58. The van der Waals surface area contributed by atoms with Crippen LogP contribution in [0.1, 0.15) is 29.5 Å². The van der Waals surface area contributed by atoms with Crippen LogP contribution in [0, 0.1) is 18.6 Å². The van der Waals surface area contributed by atoms with E-state index in [4.69, 9.17) is 0 Å². The summed E-state index contributed by atoms with van der Waals surface area (Å²) in [6.07, 6.45) is 2.10. The van der Waals surface area contributed by atoms with Crippen molar-refractivity contribution < 1.29 is 17.2 Å².